The average Bonchev–Trinajstić information content (AvgIpc) is 3.56. The molecule has 5 aromatic rings. The molecule has 160 valence electrons. The Kier molecular flexibility index (Phi) is 5.58. The molecule has 6 heteroatoms. The highest BCUT2D eigenvalue weighted by molar-refractivity contribution is 6.00. The van der Waals surface area contributed by atoms with E-state index >= 15 is 0 Å². The lowest BCUT2D eigenvalue weighted by atomic mass is 10.0. The van der Waals surface area contributed by atoms with E-state index in [2.05, 4.69) is 45.2 Å². The first-order valence-corrected chi connectivity index (χ1v) is 10.6. The van der Waals surface area contributed by atoms with E-state index < -0.39 is 0 Å². The lowest BCUT2D eigenvalue weighted by molar-refractivity contribution is 0.415. The van der Waals surface area contributed by atoms with Crippen molar-refractivity contribution in [2.24, 2.45) is 0 Å². The summed E-state index contributed by atoms with van der Waals surface area (Å²) in [5.74, 6) is 1.64. The molecule has 0 aliphatic rings. The highest BCUT2D eigenvalue weighted by atomic mass is 16.5. The second kappa shape index (κ2) is 8.98. The van der Waals surface area contributed by atoms with Crippen molar-refractivity contribution in [3.63, 3.8) is 0 Å². The highest BCUT2D eigenvalue weighted by Gasteiger charge is 2.14. The van der Waals surface area contributed by atoms with Gasteiger partial charge in [-0.25, -0.2) is 4.98 Å². The zero-order chi connectivity index (χ0) is 21.8. The third kappa shape index (κ3) is 4.07. The lowest BCUT2D eigenvalue weighted by Crippen LogP contribution is -2.07. The molecule has 3 aromatic heterocycles. The van der Waals surface area contributed by atoms with Gasteiger partial charge in [0.1, 0.15) is 11.5 Å². The van der Waals surface area contributed by atoms with Crippen LogP contribution in [0.25, 0.3) is 33.4 Å². The average molecular weight is 425 g/mol. The number of aromatic nitrogens is 3. The van der Waals surface area contributed by atoms with Crippen molar-refractivity contribution >= 4 is 16.6 Å². The number of benzene rings is 2. The minimum atomic E-state index is 0.798. The Hall–Kier alpha value is -4.06. The van der Waals surface area contributed by atoms with E-state index in [4.69, 9.17) is 14.1 Å². The topological polar surface area (TPSA) is 65.1 Å². The Morgan fingerprint density at radius 3 is 2.69 bits per heavy atom. The Balaban J connectivity index is 1.51. The second-order valence-corrected chi connectivity index (χ2v) is 7.57. The van der Waals surface area contributed by atoms with Gasteiger partial charge in [-0.1, -0.05) is 18.2 Å². The number of fused-ring (bicyclic) bond motifs is 1. The number of ether oxygens (including phenoxy) is 1. The molecule has 0 unspecified atom stereocenters. The number of aryl methyl sites for hydroxylation is 1. The van der Waals surface area contributed by atoms with Crippen LogP contribution in [-0.2, 0) is 6.54 Å². The largest absolute Gasteiger partial charge is 0.497 e. The van der Waals surface area contributed by atoms with Crippen LogP contribution in [0.3, 0.4) is 0 Å². The highest BCUT2D eigenvalue weighted by Crippen LogP contribution is 2.36. The minimum Gasteiger partial charge on any atom is -0.497 e. The molecule has 1 N–H and O–H groups in total. The van der Waals surface area contributed by atoms with Crippen LogP contribution < -0.4 is 10.1 Å². The number of methoxy groups -OCH3 is 1. The third-order valence-corrected chi connectivity index (χ3v) is 5.53. The van der Waals surface area contributed by atoms with Crippen LogP contribution in [0.15, 0.2) is 90.2 Å². The molecule has 0 fully saturated rings. The van der Waals surface area contributed by atoms with Crippen LogP contribution >= 0.6 is 0 Å². The van der Waals surface area contributed by atoms with Gasteiger partial charge in [0.05, 0.1) is 36.5 Å². The van der Waals surface area contributed by atoms with Crippen LogP contribution in [0.1, 0.15) is 6.42 Å². The van der Waals surface area contributed by atoms with Gasteiger partial charge in [-0.05, 0) is 53.9 Å². The van der Waals surface area contributed by atoms with Gasteiger partial charge >= 0.3 is 0 Å². The normalized spacial score (nSPS) is 11.0. The molecule has 6 nitrogen and oxygen atoms in total. The number of hydrogen-bond donors (Lipinski definition) is 1. The van der Waals surface area contributed by atoms with E-state index in [0.717, 1.165) is 64.3 Å². The first kappa shape index (κ1) is 19.9. The number of furan rings is 1. The monoisotopic (exact) mass is 424 g/mol. The van der Waals surface area contributed by atoms with Gasteiger partial charge in [0.2, 0.25) is 0 Å². The summed E-state index contributed by atoms with van der Waals surface area (Å²) in [6, 6.07) is 18.3. The van der Waals surface area contributed by atoms with Crippen molar-refractivity contribution in [2.45, 2.75) is 13.0 Å². The van der Waals surface area contributed by atoms with E-state index in [-0.39, 0.29) is 0 Å². The first-order chi connectivity index (χ1) is 15.8. The fraction of sp³-hybridized carbons (Fsp3) is 0.154. The van der Waals surface area contributed by atoms with E-state index in [1.165, 1.54) is 0 Å². The molecule has 0 radical (unpaired) electrons. The smallest absolute Gasteiger partial charge is 0.137 e. The van der Waals surface area contributed by atoms with Crippen LogP contribution in [0, 0.1) is 0 Å². The predicted octanol–water partition coefficient (Wildman–Crippen LogP) is 5.87. The maximum atomic E-state index is 5.71. The van der Waals surface area contributed by atoms with Crippen LogP contribution in [-0.4, -0.2) is 28.2 Å². The molecule has 0 spiro atoms. The van der Waals surface area contributed by atoms with Gasteiger partial charge < -0.3 is 19.0 Å². The molecule has 0 saturated carbocycles. The molecule has 5 rings (SSSR count). The molecular weight excluding hydrogens is 400 g/mol. The van der Waals surface area contributed by atoms with Gasteiger partial charge in [0.25, 0.3) is 0 Å². The standard InChI is InChI=1S/C26H24N4O2/c1-31-21-8-5-19(6-9-21)20-7-10-24-22(16-20)26(23(17-29-24)25-4-2-15-32-25)28-11-3-13-30-14-12-27-18-30/h2,4-10,12,14-18H,3,11,13H2,1H3,(H,28,29). The van der Waals surface area contributed by atoms with Crippen molar-refractivity contribution in [3.8, 4) is 28.2 Å². The summed E-state index contributed by atoms with van der Waals surface area (Å²) in [5.41, 5.74) is 5.18. The fourth-order valence-corrected chi connectivity index (χ4v) is 3.86. The number of nitrogens with one attached hydrogen (secondary N) is 1. The number of nitrogens with zero attached hydrogens (tertiary/aromatic N) is 3. The molecule has 3 heterocycles. The van der Waals surface area contributed by atoms with Crippen LogP contribution in [0.2, 0.25) is 0 Å². The van der Waals surface area contributed by atoms with Gasteiger partial charge in [-0.3, -0.25) is 4.98 Å². The van der Waals surface area contributed by atoms with Crippen molar-refractivity contribution in [1.29, 1.82) is 0 Å². The van der Waals surface area contributed by atoms with Gasteiger partial charge in [-0.2, -0.15) is 0 Å². The number of rotatable bonds is 8. The van der Waals surface area contributed by atoms with E-state index in [1.54, 1.807) is 19.6 Å². The SMILES string of the molecule is COc1ccc(-c2ccc3ncc(-c4ccco4)c(NCCCn4ccnc4)c3c2)cc1. The number of pyridine rings is 1. The summed E-state index contributed by atoms with van der Waals surface area (Å²) in [6.07, 6.45) is 10.2. The predicted molar refractivity (Wildman–Crippen MR) is 127 cm³/mol. The number of hydrogen-bond acceptors (Lipinski definition) is 5. The van der Waals surface area contributed by atoms with Crippen molar-refractivity contribution in [2.75, 3.05) is 19.0 Å². The molecular formula is C26H24N4O2. The summed E-state index contributed by atoms with van der Waals surface area (Å²) < 4.78 is 13.1. The number of imidazole rings is 1. The van der Waals surface area contributed by atoms with Crippen LogP contribution in [0.5, 0.6) is 5.75 Å². The second-order valence-electron chi connectivity index (χ2n) is 7.57. The number of anilines is 1. The van der Waals surface area contributed by atoms with Gasteiger partial charge in [-0.15, -0.1) is 0 Å². The molecule has 0 bridgehead atoms. The molecule has 32 heavy (non-hydrogen) atoms. The van der Waals surface area contributed by atoms with Crippen molar-refractivity contribution < 1.29 is 9.15 Å². The minimum absolute atomic E-state index is 0.798. The zero-order valence-corrected chi connectivity index (χ0v) is 17.9. The Bertz CT molecular complexity index is 1290. The van der Waals surface area contributed by atoms with E-state index in [9.17, 15) is 0 Å². The summed E-state index contributed by atoms with van der Waals surface area (Å²) in [7, 11) is 1.68. The maximum Gasteiger partial charge on any atom is 0.137 e. The zero-order valence-electron chi connectivity index (χ0n) is 17.9. The lowest BCUT2D eigenvalue weighted by Gasteiger charge is -2.15. The van der Waals surface area contributed by atoms with Gasteiger partial charge in [0.15, 0.2) is 0 Å². The Morgan fingerprint density at radius 2 is 1.94 bits per heavy atom. The summed E-state index contributed by atoms with van der Waals surface area (Å²) in [6.45, 7) is 1.72. The van der Waals surface area contributed by atoms with Crippen molar-refractivity contribution in [1.82, 2.24) is 14.5 Å². The molecule has 0 amide bonds. The Labute approximate surface area is 186 Å². The fourth-order valence-electron chi connectivity index (χ4n) is 3.86. The Morgan fingerprint density at radius 1 is 1.06 bits per heavy atom. The van der Waals surface area contributed by atoms with E-state index in [1.807, 2.05) is 43.0 Å². The van der Waals surface area contributed by atoms with Gasteiger partial charge in [0, 0.05) is 37.1 Å². The third-order valence-electron chi connectivity index (χ3n) is 5.53. The molecule has 0 atom stereocenters. The summed E-state index contributed by atoms with van der Waals surface area (Å²) in [4.78, 5) is 8.81. The molecule has 2 aromatic carbocycles. The maximum absolute atomic E-state index is 5.71. The quantitative estimate of drug-likeness (QED) is 0.316. The summed E-state index contributed by atoms with van der Waals surface area (Å²) in [5, 5.41) is 4.71. The molecule has 0 saturated heterocycles. The molecule has 0 aliphatic heterocycles. The molecule has 0 aliphatic carbocycles. The van der Waals surface area contributed by atoms with Crippen molar-refractivity contribution in [3.05, 3.63) is 85.8 Å². The van der Waals surface area contributed by atoms with Crippen LogP contribution in [0.4, 0.5) is 5.69 Å². The summed E-state index contributed by atoms with van der Waals surface area (Å²) >= 11 is 0. The van der Waals surface area contributed by atoms with E-state index in [0.29, 0.717) is 0 Å². The first-order valence-electron chi connectivity index (χ1n) is 10.6.